The van der Waals surface area contributed by atoms with E-state index in [1.165, 1.54) is 19.3 Å². The third-order valence-electron chi connectivity index (χ3n) is 3.83. The van der Waals surface area contributed by atoms with E-state index in [0.29, 0.717) is 11.9 Å². The zero-order chi connectivity index (χ0) is 13.2. The molecule has 102 valence electrons. The molecule has 0 bridgehead atoms. The van der Waals surface area contributed by atoms with Crippen molar-refractivity contribution in [1.29, 1.82) is 0 Å². The molecule has 0 aromatic carbocycles. The Labute approximate surface area is 118 Å². The van der Waals surface area contributed by atoms with Crippen LogP contribution in [0.1, 0.15) is 31.4 Å². The molecule has 1 aliphatic heterocycles. The van der Waals surface area contributed by atoms with E-state index < -0.39 is 0 Å². The molecule has 1 fully saturated rings. The van der Waals surface area contributed by atoms with E-state index in [0.717, 1.165) is 30.0 Å². The van der Waals surface area contributed by atoms with Crippen LogP contribution in [0.2, 0.25) is 0 Å². The molecule has 1 aliphatic rings. The molecule has 0 N–H and O–H groups in total. The van der Waals surface area contributed by atoms with E-state index in [1.807, 2.05) is 23.8 Å². The number of anilines is 1. The SMILES string of the molecule is Cc1cc2c(N3CCCCC3CCCl)nccn2n1. The van der Waals surface area contributed by atoms with Crippen molar-refractivity contribution in [3.63, 3.8) is 0 Å². The molecular formula is C14H19ClN4. The zero-order valence-electron chi connectivity index (χ0n) is 11.2. The number of aromatic nitrogens is 3. The van der Waals surface area contributed by atoms with Crippen molar-refractivity contribution in [3.8, 4) is 0 Å². The van der Waals surface area contributed by atoms with E-state index in [1.54, 1.807) is 0 Å². The van der Waals surface area contributed by atoms with E-state index in [-0.39, 0.29) is 0 Å². The molecule has 19 heavy (non-hydrogen) atoms. The van der Waals surface area contributed by atoms with Gasteiger partial charge in [0.2, 0.25) is 0 Å². The fourth-order valence-corrected chi connectivity index (χ4v) is 3.21. The number of rotatable bonds is 3. The average Bonchev–Trinajstić information content (AvgIpc) is 2.80. The number of fused-ring (bicyclic) bond motifs is 1. The lowest BCUT2D eigenvalue weighted by molar-refractivity contribution is 0.448. The largest absolute Gasteiger partial charge is 0.352 e. The highest BCUT2D eigenvalue weighted by Crippen LogP contribution is 2.28. The van der Waals surface area contributed by atoms with E-state index in [4.69, 9.17) is 11.6 Å². The molecular weight excluding hydrogens is 260 g/mol. The number of hydrogen-bond acceptors (Lipinski definition) is 3. The Morgan fingerprint density at radius 1 is 1.42 bits per heavy atom. The Kier molecular flexibility index (Phi) is 3.60. The summed E-state index contributed by atoms with van der Waals surface area (Å²) in [5.41, 5.74) is 2.13. The summed E-state index contributed by atoms with van der Waals surface area (Å²) < 4.78 is 1.92. The van der Waals surface area contributed by atoms with Crippen LogP contribution in [0.3, 0.4) is 0 Å². The summed E-state index contributed by atoms with van der Waals surface area (Å²) in [5, 5.41) is 4.46. The van der Waals surface area contributed by atoms with Crippen LogP contribution in [0, 0.1) is 6.92 Å². The fourth-order valence-electron chi connectivity index (χ4n) is 2.96. The summed E-state index contributed by atoms with van der Waals surface area (Å²) in [6.07, 6.45) is 8.50. The minimum atomic E-state index is 0.514. The molecule has 0 saturated carbocycles. The maximum atomic E-state index is 5.95. The van der Waals surface area contributed by atoms with Crippen LogP contribution in [0.5, 0.6) is 0 Å². The summed E-state index contributed by atoms with van der Waals surface area (Å²) in [7, 11) is 0. The van der Waals surface area contributed by atoms with Crippen molar-refractivity contribution in [3.05, 3.63) is 24.2 Å². The molecule has 0 amide bonds. The summed E-state index contributed by atoms with van der Waals surface area (Å²) in [6.45, 7) is 3.09. The van der Waals surface area contributed by atoms with Gasteiger partial charge in [-0.05, 0) is 38.7 Å². The van der Waals surface area contributed by atoms with Gasteiger partial charge in [-0.15, -0.1) is 11.6 Å². The van der Waals surface area contributed by atoms with Gasteiger partial charge in [-0.1, -0.05) is 0 Å². The van der Waals surface area contributed by atoms with Crippen molar-refractivity contribution in [2.24, 2.45) is 0 Å². The van der Waals surface area contributed by atoms with E-state index in [2.05, 4.69) is 21.0 Å². The second-order valence-electron chi connectivity index (χ2n) is 5.19. The van der Waals surface area contributed by atoms with Gasteiger partial charge in [-0.25, -0.2) is 9.50 Å². The molecule has 1 atom stereocenters. The number of nitrogens with zero attached hydrogens (tertiary/aromatic N) is 4. The summed E-state index contributed by atoms with van der Waals surface area (Å²) >= 11 is 5.95. The van der Waals surface area contributed by atoms with Gasteiger partial charge in [-0.2, -0.15) is 5.10 Å². The summed E-state index contributed by atoms with van der Waals surface area (Å²) in [5.74, 6) is 1.76. The molecule has 3 heterocycles. The number of aryl methyl sites for hydroxylation is 1. The first-order chi connectivity index (χ1) is 9.29. The van der Waals surface area contributed by atoms with Crippen LogP contribution in [0.25, 0.3) is 5.52 Å². The Morgan fingerprint density at radius 3 is 3.16 bits per heavy atom. The van der Waals surface area contributed by atoms with Crippen molar-refractivity contribution < 1.29 is 0 Å². The maximum absolute atomic E-state index is 5.95. The highest BCUT2D eigenvalue weighted by atomic mass is 35.5. The Balaban J connectivity index is 2.01. The molecule has 0 spiro atoms. The molecule has 1 saturated heterocycles. The quantitative estimate of drug-likeness (QED) is 0.809. The Hall–Kier alpha value is -1.29. The van der Waals surface area contributed by atoms with Gasteiger partial charge < -0.3 is 4.90 Å². The smallest absolute Gasteiger partial charge is 0.154 e. The Bertz CT molecular complexity index is 564. The summed E-state index contributed by atoms with van der Waals surface area (Å²) in [4.78, 5) is 7.02. The van der Waals surface area contributed by atoms with Crippen LogP contribution < -0.4 is 4.90 Å². The monoisotopic (exact) mass is 278 g/mol. The van der Waals surface area contributed by atoms with Gasteiger partial charge >= 0.3 is 0 Å². The van der Waals surface area contributed by atoms with Crippen LogP contribution in [0.4, 0.5) is 5.82 Å². The molecule has 4 nitrogen and oxygen atoms in total. The van der Waals surface area contributed by atoms with E-state index in [9.17, 15) is 0 Å². The van der Waals surface area contributed by atoms with E-state index >= 15 is 0 Å². The highest BCUT2D eigenvalue weighted by molar-refractivity contribution is 6.17. The number of piperidine rings is 1. The molecule has 1 unspecified atom stereocenters. The van der Waals surface area contributed by atoms with Gasteiger partial charge in [0, 0.05) is 30.9 Å². The number of halogens is 1. The summed E-state index contributed by atoms with van der Waals surface area (Å²) in [6, 6.07) is 2.62. The molecule has 2 aromatic rings. The van der Waals surface area contributed by atoms with Gasteiger partial charge in [-0.3, -0.25) is 0 Å². The van der Waals surface area contributed by atoms with Crippen LogP contribution >= 0.6 is 11.6 Å². The van der Waals surface area contributed by atoms with Gasteiger partial charge in [0.15, 0.2) is 5.82 Å². The molecule has 0 aliphatic carbocycles. The first-order valence-corrected chi connectivity index (χ1v) is 7.46. The van der Waals surface area contributed by atoms with Crippen LogP contribution in [0.15, 0.2) is 18.5 Å². The topological polar surface area (TPSA) is 33.4 Å². The third-order valence-corrected chi connectivity index (χ3v) is 4.05. The Morgan fingerprint density at radius 2 is 2.32 bits per heavy atom. The lowest BCUT2D eigenvalue weighted by Crippen LogP contribution is -2.40. The predicted octanol–water partition coefficient (Wildman–Crippen LogP) is 3.03. The average molecular weight is 279 g/mol. The number of hydrogen-bond donors (Lipinski definition) is 0. The number of alkyl halides is 1. The van der Waals surface area contributed by atoms with Crippen molar-refractivity contribution in [2.45, 2.75) is 38.6 Å². The normalized spacial score (nSPS) is 20.1. The molecule has 2 aromatic heterocycles. The molecule has 3 rings (SSSR count). The van der Waals surface area contributed by atoms with Crippen LogP contribution in [-0.2, 0) is 0 Å². The van der Waals surface area contributed by atoms with Crippen LogP contribution in [-0.4, -0.2) is 33.1 Å². The standard InChI is InChI=1S/C14H19ClN4/c1-11-10-13-14(16-7-9-19(13)17-11)18-8-3-2-4-12(18)5-6-15/h7,9-10,12H,2-6,8H2,1H3. The van der Waals surface area contributed by atoms with Gasteiger partial charge in [0.25, 0.3) is 0 Å². The predicted molar refractivity (Wildman–Crippen MR) is 78.0 cm³/mol. The van der Waals surface area contributed by atoms with Crippen molar-refractivity contribution >= 4 is 22.9 Å². The minimum Gasteiger partial charge on any atom is -0.352 e. The second kappa shape index (κ2) is 5.37. The van der Waals surface area contributed by atoms with Crippen molar-refractivity contribution in [2.75, 3.05) is 17.3 Å². The first-order valence-electron chi connectivity index (χ1n) is 6.93. The first kappa shape index (κ1) is 12.7. The van der Waals surface area contributed by atoms with Gasteiger partial charge in [0.05, 0.1) is 5.69 Å². The second-order valence-corrected chi connectivity index (χ2v) is 5.56. The zero-order valence-corrected chi connectivity index (χ0v) is 12.0. The lowest BCUT2D eigenvalue weighted by Gasteiger charge is -2.36. The molecule has 5 heteroatoms. The van der Waals surface area contributed by atoms with Gasteiger partial charge in [0.1, 0.15) is 5.52 Å². The lowest BCUT2D eigenvalue weighted by atomic mass is 10.00. The third kappa shape index (κ3) is 2.41. The fraction of sp³-hybridized carbons (Fsp3) is 0.571. The maximum Gasteiger partial charge on any atom is 0.154 e. The highest BCUT2D eigenvalue weighted by Gasteiger charge is 2.24. The molecule has 0 radical (unpaired) electrons. The van der Waals surface area contributed by atoms with Crippen molar-refractivity contribution in [1.82, 2.24) is 14.6 Å². The minimum absolute atomic E-state index is 0.514.